The van der Waals surface area contributed by atoms with E-state index in [-0.39, 0.29) is 18.4 Å². The first-order chi connectivity index (χ1) is 16.3. The van der Waals surface area contributed by atoms with Gasteiger partial charge in [0.15, 0.2) is 5.17 Å². The molecule has 0 aliphatic carbocycles. The van der Waals surface area contributed by atoms with Gasteiger partial charge in [-0.3, -0.25) is 4.79 Å². The number of allylic oxidation sites excluding steroid dienone is 1. The van der Waals surface area contributed by atoms with Crippen molar-refractivity contribution in [2.45, 2.75) is 52.2 Å². The average molecular weight is 503 g/mol. The molecule has 1 atom stereocenters. The standard InChI is InChI=1S/C25H31ClN4O3S/c1-16(2)33-24(32)22-17(3)28-25-30(23(22)19-8-4-5-9-20(19)26)18(15-34-25)14-21(31)27-10-13-29-11-6-7-12-29/h4-5,8-9,15-16,23H,6-7,10-14H2,1-3H3,(H,27,31)/t23-/m1/s1. The van der Waals surface area contributed by atoms with Crippen LogP contribution >= 0.6 is 23.4 Å². The zero-order valence-electron chi connectivity index (χ0n) is 19.8. The molecule has 1 N–H and O–H groups in total. The minimum atomic E-state index is -0.522. The summed E-state index contributed by atoms with van der Waals surface area (Å²) < 4.78 is 5.57. The van der Waals surface area contributed by atoms with Crippen LogP contribution in [0.2, 0.25) is 5.02 Å². The molecular formula is C25H31ClN4O3S. The average Bonchev–Trinajstić information content (AvgIpc) is 3.43. The summed E-state index contributed by atoms with van der Waals surface area (Å²) >= 11 is 8.06. The number of rotatable bonds is 8. The highest BCUT2D eigenvalue weighted by molar-refractivity contribution is 8.16. The van der Waals surface area contributed by atoms with Gasteiger partial charge in [0.2, 0.25) is 5.91 Å². The minimum absolute atomic E-state index is 0.0530. The maximum absolute atomic E-state index is 13.2. The molecule has 0 saturated carbocycles. The summed E-state index contributed by atoms with van der Waals surface area (Å²) in [4.78, 5) is 35.0. The Kier molecular flexibility index (Phi) is 8.01. The quantitative estimate of drug-likeness (QED) is 0.529. The Morgan fingerprint density at radius 2 is 2.00 bits per heavy atom. The van der Waals surface area contributed by atoms with Crippen LogP contribution in [0.3, 0.4) is 0 Å². The number of esters is 1. The second-order valence-electron chi connectivity index (χ2n) is 8.94. The Bertz CT molecular complexity index is 1050. The van der Waals surface area contributed by atoms with Crippen LogP contribution in [0, 0.1) is 0 Å². The van der Waals surface area contributed by atoms with Gasteiger partial charge in [0.25, 0.3) is 0 Å². The monoisotopic (exact) mass is 502 g/mol. The molecule has 1 aromatic rings. The van der Waals surface area contributed by atoms with E-state index in [0.717, 1.165) is 36.1 Å². The molecule has 0 bridgehead atoms. The van der Waals surface area contributed by atoms with Crippen LogP contribution in [0.1, 0.15) is 51.6 Å². The van der Waals surface area contributed by atoms with E-state index in [1.54, 1.807) is 6.07 Å². The fourth-order valence-corrected chi connectivity index (χ4v) is 5.69. The predicted octanol–water partition coefficient (Wildman–Crippen LogP) is 4.47. The third kappa shape index (κ3) is 5.50. The molecule has 9 heteroatoms. The molecule has 1 amide bonds. The molecule has 1 fully saturated rings. The van der Waals surface area contributed by atoms with Crippen LogP contribution < -0.4 is 5.32 Å². The summed E-state index contributed by atoms with van der Waals surface area (Å²) in [5, 5.41) is 6.25. The molecule has 7 nitrogen and oxygen atoms in total. The second-order valence-corrected chi connectivity index (χ2v) is 10.2. The largest absolute Gasteiger partial charge is 0.459 e. The van der Waals surface area contributed by atoms with Crippen LogP contribution in [0.5, 0.6) is 0 Å². The topological polar surface area (TPSA) is 74.2 Å². The van der Waals surface area contributed by atoms with Gasteiger partial charge < -0.3 is 19.9 Å². The number of nitrogens with one attached hydrogen (secondary N) is 1. The Balaban J connectivity index is 1.57. The third-order valence-corrected chi connectivity index (χ3v) is 7.29. The summed E-state index contributed by atoms with van der Waals surface area (Å²) in [6.07, 6.45) is 2.38. The summed E-state index contributed by atoms with van der Waals surface area (Å²) in [5.41, 5.74) is 2.59. The maximum Gasteiger partial charge on any atom is 0.338 e. The molecule has 0 spiro atoms. The number of carbonyl (C=O) groups excluding carboxylic acids is 2. The second kappa shape index (κ2) is 11.0. The van der Waals surface area contributed by atoms with E-state index in [4.69, 9.17) is 16.3 Å². The van der Waals surface area contributed by atoms with E-state index < -0.39 is 12.0 Å². The van der Waals surface area contributed by atoms with Crippen LogP contribution in [0.25, 0.3) is 0 Å². The van der Waals surface area contributed by atoms with Crippen LogP contribution in [-0.2, 0) is 14.3 Å². The number of hydrogen-bond donors (Lipinski definition) is 1. The molecule has 1 saturated heterocycles. The van der Waals surface area contributed by atoms with Crippen LogP contribution in [0.15, 0.2) is 51.6 Å². The van der Waals surface area contributed by atoms with E-state index in [0.29, 0.717) is 22.8 Å². The van der Waals surface area contributed by atoms with Crippen molar-refractivity contribution < 1.29 is 14.3 Å². The lowest BCUT2D eigenvalue weighted by atomic mass is 9.93. The SMILES string of the molecule is CC1=C(C(=O)OC(C)C)[C@@H](c2ccccc2Cl)N2C(CC(=O)NCCN3CCCC3)=CSC2=N1. The van der Waals surface area contributed by atoms with Crippen LogP contribution in [-0.4, -0.2) is 59.1 Å². The van der Waals surface area contributed by atoms with Crippen molar-refractivity contribution in [1.82, 2.24) is 15.1 Å². The van der Waals surface area contributed by atoms with E-state index in [2.05, 4.69) is 15.2 Å². The first-order valence-corrected chi connectivity index (χ1v) is 13.0. The number of amidine groups is 1. The van der Waals surface area contributed by atoms with E-state index in [9.17, 15) is 9.59 Å². The third-order valence-electron chi connectivity index (χ3n) is 6.05. The number of aliphatic imine (C=N–C) groups is 1. The van der Waals surface area contributed by atoms with Crippen molar-refractivity contribution in [3.63, 3.8) is 0 Å². The van der Waals surface area contributed by atoms with Crippen molar-refractivity contribution >= 4 is 40.4 Å². The van der Waals surface area contributed by atoms with Gasteiger partial charge in [-0.05, 0) is 63.7 Å². The molecule has 3 heterocycles. The lowest BCUT2D eigenvalue weighted by Gasteiger charge is -2.36. The summed E-state index contributed by atoms with van der Waals surface area (Å²) in [5.74, 6) is -0.477. The molecule has 3 aliphatic heterocycles. The van der Waals surface area contributed by atoms with Crippen molar-refractivity contribution in [1.29, 1.82) is 0 Å². The summed E-state index contributed by atoms with van der Waals surface area (Å²) in [6.45, 7) is 9.15. The number of thioether (sulfide) groups is 1. The number of halogens is 1. The Morgan fingerprint density at radius 1 is 1.26 bits per heavy atom. The van der Waals surface area contributed by atoms with E-state index >= 15 is 0 Å². The summed E-state index contributed by atoms with van der Waals surface area (Å²) in [6, 6.07) is 6.94. The van der Waals surface area contributed by atoms with Gasteiger partial charge in [-0.2, -0.15) is 0 Å². The molecule has 4 rings (SSSR count). The normalized spacial score (nSPS) is 20.4. The van der Waals surface area contributed by atoms with Crippen molar-refractivity contribution in [3.05, 3.63) is 57.2 Å². The fraction of sp³-hybridized carbons (Fsp3) is 0.480. The highest BCUT2D eigenvalue weighted by Gasteiger charge is 2.42. The van der Waals surface area contributed by atoms with Crippen LogP contribution in [0.4, 0.5) is 0 Å². The number of benzene rings is 1. The lowest BCUT2D eigenvalue weighted by molar-refractivity contribution is -0.143. The molecule has 1 aromatic carbocycles. The van der Waals surface area contributed by atoms with Crippen molar-refractivity contribution in [3.8, 4) is 0 Å². The van der Waals surface area contributed by atoms with Gasteiger partial charge in [0.05, 0.1) is 29.8 Å². The first kappa shape index (κ1) is 24.8. The van der Waals surface area contributed by atoms with E-state index in [1.165, 1.54) is 24.6 Å². The number of fused-ring (bicyclic) bond motifs is 1. The predicted molar refractivity (Wildman–Crippen MR) is 136 cm³/mol. The van der Waals surface area contributed by atoms with E-state index in [1.807, 2.05) is 49.3 Å². The molecule has 34 heavy (non-hydrogen) atoms. The number of amides is 1. The number of hydrogen-bond acceptors (Lipinski definition) is 7. The highest BCUT2D eigenvalue weighted by atomic mass is 35.5. The number of nitrogens with zero attached hydrogens (tertiary/aromatic N) is 3. The van der Waals surface area contributed by atoms with Crippen molar-refractivity contribution in [2.75, 3.05) is 26.2 Å². The highest BCUT2D eigenvalue weighted by Crippen LogP contribution is 2.46. The lowest BCUT2D eigenvalue weighted by Crippen LogP contribution is -2.39. The fourth-order valence-electron chi connectivity index (χ4n) is 4.49. The van der Waals surface area contributed by atoms with Gasteiger partial charge in [-0.1, -0.05) is 41.6 Å². The molecule has 0 aromatic heterocycles. The Labute approximate surface area is 210 Å². The first-order valence-electron chi connectivity index (χ1n) is 11.7. The van der Waals surface area contributed by atoms with Gasteiger partial charge in [0.1, 0.15) is 0 Å². The molecule has 3 aliphatic rings. The minimum Gasteiger partial charge on any atom is -0.459 e. The van der Waals surface area contributed by atoms with Crippen molar-refractivity contribution in [2.24, 2.45) is 4.99 Å². The number of carbonyl (C=O) groups is 2. The smallest absolute Gasteiger partial charge is 0.338 e. The van der Waals surface area contributed by atoms with Gasteiger partial charge >= 0.3 is 5.97 Å². The zero-order valence-corrected chi connectivity index (χ0v) is 21.4. The number of ether oxygens (including phenoxy) is 1. The molecule has 182 valence electrons. The zero-order chi connectivity index (χ0) is 24.2. The van der Waals surface area contributed by atoms with Gasteiger partial charge in [-0.25, -0.2) is 9.79 Å². The molecule has 0 radical (unpaired) electrons. The van der Waals surface area contributed by atoms with Gasteiger partial charge in [-0.15, -0.1) is 0 Å². The van der Waals surface area contributed by atoms with Gasteiger partial charge in [0, 0.05) is 23.8 Å². The molecule has 0 unspecified atom stereocenters. The molecular weight excluding hydrogens is 472 g/mol. The number of likely N-dealkylation sites (tertiary alicyclic amines) is 1. The summed E-state index contributed by atoms with van der Waals surface area (Å²) in [7, 11) is 0. The maximum atomic E-state index is 13.2. The Hall–Kier alpha value is -2.29. The Morgan fingerprint density at radius 3 is 2.71 bits per heavy atom.